The van der Waals surface area contributed by atoms with Crippen LogP contribution in [0.5, 0.6) is 0 Å². The summed E-state index contributed by atoms with van der Waals surface area (Å²) in [6.45, 7) is 0. The van der Waals surface area contributed by atoms with Crippen LogP contribution in [-0.2, 0) is 10.1 Å². The van der Waals surface area contributed by atoms with Gasteiger partial charge in [-0.15, -0.1) is 0 Å². The molecule has 0 spiro atoms. The van der Waals surface area contributed by atoms with Crippen molar-refractivity contribution in [2.24, 2.45) is 4.99 Å². The molecule has 4 rings (SSSR count). The number of fused-ring (bicyclic) bond motifs is 2. The van der Waals surface area contributed by atoms with Crippen LogP contribution in [0.15, 0.2) is 75.0 Å². The van der Waals surface area contributed by atoms with Crippen LogP contribution in [0, 0.1) is 0 Å². The van der Waals surface area contributed by atoms with Gasteiger partial charge in [-0.25, -0.2) is 0 Å². The molecule has 0 unspecified atom stereocenters. The lowest BCUT2D eigenvalue weighted by Crippen LogP contribution is -2.04. The lowest BCUT2D eigenvalue weighted by atomic mass is 9.93. The van der Waals surface area contributed by atoms with Gasteiger partial charge >= 0.3 is 0 Å². The Balaban J connectivity index is 2.21. The quantitative estimate of drug-likeness (QED) is 0.404. The van der Waals surface area contributed by atoms with Gasteiger partial charge in [0.25, 0.3) is 10.1 Å². The molecular formula is C21H18N2O4S. The summed E-state index contributed by atoms with van der Waals surface area (Å²) < 4.78 is 39.9. The van der Waals surface area contributed by atoms with Gasteiger partial charge in [0.1, 0.15) is 16.2 Å². The number of rotatable bonds is 3. The molecule has 1 aliphatic carbocycles. The van der Waals surface area contributed by atoms with E-state index >= 15 is 0 Å². The maximum atomic E-state index is 12.0. The van der Waals surface area contributed by atoms with E-state index in [0.717, 1.165) is 22.0 Å². The molecule has 0 bridgehead atoms. The topological polar surface area (TPSA) is 91.9 Å². The molecule has 0 saturated carbocycles. The minimum atomic E-state index is -4.41. The predicted octanol–water partition coefficient (Wildman–Crippen LogP) is 4.02. The lowest BCUT2D eigenvalue weighted by Gasteiger charge is -2.17. The van der Waals surface area contributed by atoms with E-state index < -0.39 is 10.1 Å². The van der Waals surface area contributed by atoms with Crippen LogP contribution in [0.4, 0.5) is 5.69 Å². The number of anilines is 1. The number of hydrogen-bond acceptors (Lipinski definition) is 5. The summed E-state index contributed by atoms with van der Waals surface area (Å²) in [7, 11) is -0.905. The summed E-state index contributed by atoms with van der Waals surface area (Å²) in [4.78, 5) is 4.04. The molecule has 0 fully saturated rings. The molecule has 0 amide bonds. The van der Waals surface area contributed by atoms with E-state index in [2.05, 4.69) is 10.3 Å². The van der Waals surface area contributed by atoms with E-state index in [4.69, 9.17) is 4.42 Å². The van der Waals surface area contributed by atoms with Crippen molar-refractivity contribution in [1.82, 2.24) is 0 Å². The molecule has 0 saturated heterocycles. The van der Waals surface area contributed by atoms with Crippen molar-refractivity contribution in [3.63, 3.8) is 0 Å². The predicted molar refractivity (Wildman–Crippen MR) is 109 cm³/mol. The van der Waals surface area contributed by atoms with E-state index in [9.17, 15) is 13.0 Å². The largest absolute Gasteiger partial charge is 0.456 e. The van der Waals surface area contributed by atoms with Crippen molar-refractivity contribution in [1.29, 1.82) is 0 Å². The highest BCUT2D eigenvalue weighted by atomic mass is 32.2. The minimum absolute atomic E-state index is 0.147. The van der Waals surface area contributed by atoms with Crippen molar-refractivity contribution in [2.45, 2.75) is 4.90 Å². The van der Waals surface area contributed by atoms with Crippen LogP contribution < -0.4 is 10.7 Å². The Morgan fingerprint density at radius 1 is 1.00 bits per heavy atom. The van der Waals surface area contributed by atoms with Crippen LogP contribution in [-0.4, -0.2) is 27.1 Å². The van der Waals surface area contributed by atoms with Gasteiger partial charge in [-0.3, -0.25) is 9.55 Å². The summed E-state index contributed by atoms with van der Waals surface area (Å²) in [6, 6.07) is 17.5. The van der Waals surface area contributed by atoms with Crippen molar-refractivity contribution in [3.05, 3.63) is 66.0 Å². The summed E-state index contributed by atoms with van der Waals surface area (Å²) in [6.07, 6.45) is 0. The summed E-state index contributed by atoms with van der Waals surface area (Å²) in [5, 5.41) is 4.55. The monoisotopic (exact) mass is 394 g/mol. The molecule has 0 radical (unpaired) electrons. The first-order valence-electron chi connectivity index (χ1n) is 8.60. The van der Waals surface area contributed by atoms with Gasteiger partial charge < -0.3 is 9.73 Å². The molecule has 0 atom stereocenters. The third kappa shape index (κ3) is 3.04. The highest BCUT2D eigenvalue weighted by Gasteiger charge is 2.23. The van der Waals surface area contributed by atoms with Gasteiger partial charge in [-0.2, -0.15) is 8.42 Å². The fourth-order valence-corrected chi connectivity index (χ4v) is 4.06. The molecular weight excluding hydrogens is 376 g/mol. The number of hydrogen-bond donors (Lipinski definition) is 2. The highest BCUT2D eigenvalue weighted by molar-refractivity contribution is 7.86. The van der Waals surface area contributed by atoms with Gasteiger partial charge in [0.2, 0.25) is 0 Å². The number of benzene rings is 3. The van der Waals surface area contributed by atoms with Crippen molar-refractivity contribution in [3.8, 4) is 22.5 Å². The van der Waals surface area contributed by atoms with E-state index in [1.54, 1.807) is 31.3 Å². The summed E-state index contributed by atoms with van der Waals surface area (Å²) >= 11 is 0. The molecule has 2 N–H and O–H groups in total. The Labute approximate surface area is 162 Å². The normalized spacial score (nSPS) is 12.6. The molecule has 7 heteroatoms. The fraction of sp³-hybridized carbons (Fsp3) is 0.0952. The SMILES string of the molecule is CN=c1ccc2c(-c3ccccc3S(=O)(=O)O)c3ccc(NC)cc3oc-2c1. The zero-order chi connectivity index (χ0) is 19.9. The average molecular weight is 394 g/mol. The second kappa shape index (κ2) is 6.78. The van der Waals surface area contributed by atoms with Crippen molar-refractivity contribution in [2.75, 3.05) is 19.4 Å². The van der Waals surface area contributed by atoms with Crippen LogP contribution >= 0.6 is 0 Å². The maximum Gasteiger partial charge on any atom is 0.295 e. The smallest absolute Gasteiger partial charge is 0.295 e. The molecule has 142 valence electrons. The van der Waals surface area contributed by atoms with Gasteiger partial charge in [0, 0.05) is 54.0 Å². The van der Waals surface area contributed by atoms with Crippen LogP contribution in [0.2, 0.25) is 0 Å². The summed E-state index contributed by atoms with van der Waals surface area (Å²) in [5.41, 5.74) is 3.27. The van der Waals surface area contributed by atoms with E-state index in [1.165, 1.54) is 6.07 Å². The minimum Gasteiger partial charge on any atom is -0.456 e. The van der Waals surface area contributed by atoms with Crippen molar-refractivity contribution >= 4 is 26.8 Å². The van der Waals surface area contributed by atoms with E-state index in [-0.39, 0.29) is 4.90 Å². The first kappa shape index (κ1) is 18.2. The average Bonchev–Trinajstić information content (AvgIpc) is 2.70. The standard InChI is InChI=1S/C21H18N2O4S/c1-22-13-7-9-15-18(11-13)27-19-12-14(23-2)8-10-16(19)21(15)17-5-3-4-6-20(17)28(24,25)26/h3-12,22H,1-2H3,(H,24,25,26). The Morgan fingerprint density at radius 3 is 2.50 bits per heavy atom. The van der Waals surface area contributed by atoms with Crippen LogP contribution in [0.3, 0.4) is 0 Å². The number of nitrogens with one attached hydrogen (secondary N) is 1. The Kier molecular flexibility index (Phi) is 4.41. The zero-order valence-corrected chi connectivity index (χ0v) is 16.1. The second-order valence-electron chi connectivity index (χ2n) is 6.31. The third-order valence-corrected chi connectivity index (χ3v) is 5.60. The van der Waals surface area contributed by atoms with Gasteiger partial charge in [0.15, 0.2) is 0 Å². The maximum absolute atomic E-state index is 12.0. The molecule has 1 aliphatic heterocycles. The summed E-state index contributed by atoms with van der Waals surface area (Å²) in [5.74, 6) is 0.573. The first-order chi connectivity index (χ1) is 13.4. The Morgan fingerprint density at radius 2 is 1.79 bits per heavy atom. The lowest BCUT2D eigenvalue weighted by molar-refractivity contribution is 0.483. The molecule has 1 heterocycles. The second-order valence-corrected chi connectivity index (χ2v) is 7.70. The van der Waals surface area contributed by atoms with Gasteiger partial charge in [-0.05, 0) is 30.3 Å². The van der Waals surface area contributed by atoms with E-state index in [1.807, 2.05) is 37.4 Å². The molecule has 2 aromatic carbocycles. The highest BCUT2D eigenvalue weighted by Crippen LogP contribution is 2.42. The fourth-order valence-electron chi connectivity index (χ4n) is 3.36. The molecule has 0 aromatic heterocycles. The van der Waals surface area contributed by atoms with Crippen LogP contribution in [0.1, 0.15) is 0 Å². The zero-order valence-electron chi connectivity index (χ0n) is 15.3. The van der Waals surface area contributed by atoms with E-state index in [0.29, 0.717) is 22.5 Å². The molecule has 28 heavy (non-hydrogen) atoms. The number of nitrogens with zero attached hydrogens (tertiary/aromatic N) is 1. The molecule has 2 aliphatic rings. The van der Waals surface area contributed by atoms with Gasteiger partial charge in [-0.1, -0.05) is 18.2 Å². The third-order valence-electron chi connectivity index (χ3n) is 4.69. The van der Waals surface area contributed by atoms with Crippen LogP contribution in [0.25, 0.3) is 33.4 Å². The molecule has 6 nitrogen and oxygen atoms in total. The first-order valence-corrected chi connectivity index (χ1v) is 10.0. The van der Waals surface area contributed by atoms with Gasteiger partial charge in [0.05, 0.1) is 5.36 Å². The Hall–Kier alpha value is -3.16. The van der Waals surface area contributed by atoms with Crippen molar-refractivity contribution < 1.29 is 17.4 Å². The Bertz CT molecular complexity index is 1340. The molecule has 2 aromatic rings.